The van der Waals surface area contributed by atoms with Crippen LogP contribution in [0.3, 0.4) is 0 Å². The fraction of sp³-hybridized carbons (Fsp3) is 0.333. The Balaban J connectivity index is 2.25. The van der Waals surface area contributed by atoms with Crippen LogP contribution in [0.4, 0.5) is 5.69 Å². The zero-order valence-corrected chi connectivity index (χ0v) is 14.5. The molecular formula is C18H23BrN2. The third-order valence-corrected chi connectivity index (χ3v) is 4.67. The molecule has 0 aliphatic rings. The molecule has 0 bridgehead atoms. The first-order chi connectivity index (χ1) is 9.94. The van der Waals surface area contributed by atoms with E-state index in [1.165, 1.54) is 16.8 Å². The van der Waals surface area contributed by atoms with Gasteiger partial charge in [0.1, 0.15) is 0 Å². The first-order valence-corrected chi connectivity index (χ1v) is 7.99. The van der Waals surface area contributed by atoms with Crippen LogP contribution in [-0.4, -0.2) is 19.1 Å². The standard InChI is InChI=1S/C18H23BrN2/c1-14-5-4-6-17(11-14)21(3)18(2,13-20)12-15-7-9-16(19)10-8-15/h4-11H,12-13,20H2,1-3H3. The summed E-state index contributed by atoms with van der Waals surface area (Å²) in [6.45, 7) is 4.94. The van der Waals surface area contributed by atoms with Crippen LogP contribution in [0.5, 0.6) is 0 Å². The van der Waals surface area contributed by atoms with Crippen molar-refractivity contribution in [3.8, 4) is 0 Å². The summed E-state index contributed by atoms with van der Waals surface area (Å²) >= 11 is 3.48. The van der Waals surface area contributed by atoms with Crippen LogP contribution in [0.2, 0.25) is 0 Å². The van der Waals surface area contributed by atoms with E-state index in [2.05, 4.69) is 90.3 Å². The van der Waals surface area contributed by atoms with Gasteiger partial charge >= 0.3 is 0 Å². The second-order valence-electron chi connectivity index (χ2n) is 5.90. The maximum atomic E-state index is 6.11. The summed E-state index contributed by atoms with van der Waals surface area (Å²) in [7, 11) is 2.13. The molecule has 2 rings (SSSR count). The Kier molecular flexibility index (Phi) is 5.07. The van der Waals surface area contributed by atoms with E-state index in [4.69, 9.17) is 5.73 Å². The molecule has 2 N–H and O–H groups in total. The van der Waals surface area contributed by atoms with Crippen LogP contribution >= 0.6 is 15.9 Å². The second-order valence-corrected chi connectivity index (χ2v) is 6.82. The number of hydrogen-bond acceptors (Lipinski definition) is 2. The minimum Gasteiger partial charge on any atom is -0.368 e. The summed E-state index contributed by atoms with van der Waals surface area (Å²) in [4.78, 5) is 2.29. The lowest BCUT2D eigenvalue weighted by molar-refractivity contribution is 0.450. The number of aryl methyl sites for hydroxylation is 1. The van der Waals surface area contributed by atoms with Crippen molar-refractivity contribution in [2.24, 2.45) is 5.73 Å². The zero-order valence-electron chi connectivity index (χ0n) is 12.9. The predicted octanol–water partition coefficient (Wildman–Crippen LogP) is 4.15. The third kappa shape index (κ3) is 3.86. The van der Waals surface area contributed by atoms with Crippen molar-refractivity contribution in [3.63, 3.8) is 0 Å². The van der Waals surface area contributed by atoms with E-state index in [-0.39, 0.29) is 5.54 Å². The molecule has 3 heteroatoms. The van der Waals surface area contributed by atoms with Crippen molar-refractivity contribution in [3.05, 3.63) is 64.1 Å². The van der Waals surface area contributed by atoms with Crippen molar-refractivity contribution in [2.45, 2.75) is 25.8 Å². The fourth-order valence-corrected chi connectivity index (χ4v) is 2.78. The molecule has 2 nitrogen and oxygen atoms in total. The topological polar surface area (TPSA) is 29.3 Å². The minimum atomic E-state index is -0.110. The molecule has 1 atom stereocenters. The Morgan fingerprint density at radius 3 is 2.38 bits per heavy atom. The summed E-state index contributed by atoms with van der Waals surface area (Å²) in [5.74, 6) is 0. The average molecular weight is 347 g/mol. The van der Waals surface area contributed by atoms with Crippen LogP contribution in [0.25, 0.3) is 0 Å². The van der Waals surface area contributed by atoms with Crippen LogP contribution in [0, 0.1) is 6.92 Å². The van der Waals surface area contributed by atoms with Gasteiger partial charge in [0.15, 0.2) is 0 Å². The molecule has 0 aliphatic heterocycles. The third-order valence-electron chi connectivity index (χ3n) is 4.14. The molecule has 0 heterocycles. The summed E-state index contributed by atoms with van der Waals surface area (Å²) in [5.41, 5.74) is 9.77. The molecule has 0 aromatic heterocycles. The van der Waals surface area contributed by atoms with Gasteiger partial charge in [-0.3, -0.25) is 0 Å². The van der Waals surface area contributed by atoms with Gasteiger partial charge in [0.05, 0.1) is 5.54 Å². The highest BCUT2D eigenvalue weighted by molar-refractivity contribution is 9.10. The van der Waals surface area contributed by atoms with Gasteiger partial charge in [-0.1, -0.05) is 40.2 Å². The van der Waals surface area contributed by atoms with Crippen LogP contribution in [0.1, 0.15) is 18.1 Å². The van der Waals surface area contributed by atoms with Crippen LogP contribution in [0.15, 0.2) is 53.0 Å². The van der Waals surface area contributed by atoms with Gasteiger partial charge in [-0.25, -0.2) is 0 Å². The van der Waals surface area contributed by atoms with Crippen LogP contribution < -0.4 is 10.6 Å². The number of benzene rings is 2. The Hall–Kier alpha value is -1.32. The highest BCUT2D eigenvalue weighted by atomic mass is 79.9. The minimum absolute atomic E-state index is 0.110. The van der Waals surface area contributed by atoms with E-state index in [1.807, 2.05) is 0 Å². The molecule has 1 unspecified atom stereocenters. The van der Waals surface area contributed by atoms with Gasteiger partial charge in [0.2, 0.25) is 0 Å². The molecule has 0 saturated heterocycles. The molecule has 2 aromatic carbocycles. The zero-order chi connectivity index (χ0) is 15.5. The smallest absolute Gasteiger partial charge is 0.0533 e. The first kappa shape index (κ1) is 16.1. The molecule has 2 aromatic rings. The van der Waals surface area contributed by atoms with Crippen molar-refractivity contribution in [1.82, 2.24) is 0 Å². The van der Waals surface area contributed by atoms with Gasteiger partial charge in [-0.2, -0.15) is 0 Å². The van der Waals surface area contributed by atoms with E-state index in [1.54, 1.807) is 0 Å². The lowest BCUT2D eigenvalue weighted by atomic mass is 9.90. The molecule has 0 aliphatic carbocycles. The first-order valence-electron chi connectivity index (χ1n) is 7.20. The molecule has 0 amide bonds. The monoisotopic (exact) mass is 346 g/mol. The van der Waals surface area contributed by atoms with Crippen molar-refractivity contribution in [1.29, 1.82) is 0 Å². The van der Waals surface area contributed by atoms with Gasteiger partial charge in [-0.05, 0) is 55.7 Å². The Labute approximate surface area is 136 Å². The second kappa shape index (κ2) is 6.63. The Morgan fingerprint density at radius 1 is 1.14 bits per heavy atom. The van der Waals surface area contributed by atoms with E-state index >= 15 is 0 Å². The van der Waals surface area contributed by atoms with E-state index in [9.17, 15) is 0 Å². The van der Waals surface area contributed by atoms with E-state index < -0.39 is 0 Å². The largest absolute Gasteiger partial charge is 0.368 e. The van der Waals surface area contributed by atoms with Gasteiger partial charge in [0, 0.05) is 23.8 Å². The lowest BCUT2D eigenvalue weighted by Crippen LogP contribution is -2.51. The van der Waals surface area contributed by atoms with Crippen LogP contribution in [-0.2, 0) is 6.42 Å². The summed E-state index contributed by atoms with van der Waals surface area (Å²) in [6, 6.07) is 17.0. The highest BCUT2D eigenvalue weighted by Crippen LogP contribution is 2.26. The number of hydrogen-bond donors (Lipinski definition) is 1. The predicted molar refractivity (Wildman–Crippen MR) is 94.9 cm³/mol. The summed E-state index contributed by atoms with van der Waals surface area (Å²) < 4.78 is 1.10. The molecule has 0 spiro atoms. The number of nitrogens with zero attached hydrogens (tertiary/aromatic N) is 1. The number of likely N-dealkylation sites (N-methyl/N-ethyl adjacent to an activating group) is 1. The molecule has 21 heavy (non-hydrogen) atoms. The summed E-state index contributed by atoms with van der Waals surface area (Å²) in [5, 5.41) is 0. The SMILES string of the molecule is Cc1cccc(N(C)C(C)(CN)Cc2ccc(Br)cc2)c1. The summed E-state index contributed by atoms with van der Waals surface area (Å²) in [6.07, 6.45) is 0.918. The number of rotatable bonds is 5. The Bertz CT molecular complexity index is 594. The molecule has 0 radical (unpaired) electrons. The maximum Gasteiger partial charge on any atom is 0.0533 e. The molecular weight excluding hydrogens is 324 g/mol. The molecule has 0 fully saturated rings. The highest BCUT2D eigenvalue weighted by Gasteiger charge is 2.28. The fourth-order valence-electron chi connectivity index (χ4n) is 2.52. The van der Waals surface area contributed by atoms with E-state index in [0.717, 1.165) is 10.9 Å². The van der Waals surface area contributed by atoms with Gasteiger partial charge < -0.3 is 10.6 Å². The molecule has 0 saturated carbocycles. The average Bonchev–Trinajstić information content (AvgIpc) is 2.48. The van der Waals surface area contributed by atoms with Crippen molar-refractivity contribution in [2.75, 3.05) is 18.5 Å². The Morgan fingerprint density at radius 2 is 1.81 bits per heavy atom. The van der Waals surface area contributed by atoms with Gasteiger partial charge in [0.25, 0.3) is 0 Å². The number of nitrogens with two attached hydrogens (primary N) is 1. The number of anilines is 1. The van der Waals surface area contributed by atoms with Crippen molar-refractivity contribution >= 4 is 21.6 Å². The van der Waals surface area contributed by atoms with Crippen molar-refractivity contribution < 1.29 is 0 Å². The quantitative estimate of drug-likeness (QED) is 0.880. The number of halogens is 1. The van der Waals surface area contributed by atoms with E-state index in [0.29, 0.717) is 6.54 Å². The lowest BCUT2D eigenvalue weighted by Gasteiger charge is -2.40. The molecule has 112 valence electrons. The van der Waals surface area contributed by atoms with Gasteiger partial charge in [-0.15, -0.1) is 0 Å². The maximum absolute atomic E-state index is 6.11. The normalized spacial score (nSPS) is 13.8.